The van der Waals surface area contributed by atoms with Crippen LogP contribution >= 0.6 is 0 Å². The van der Waals surface area contributed by atoms with E-state index >= 15 is 0 Å². The van der Waals surface area contributed by atoms with Crippen LogP contribution in [0.1, 0.15) is 33.3 Å². The van der Waals surface area contributed by atoms with Crippen molar-refractivity contribution in [2.75, 3.05) is 5.32 Å². The number of amides is 1. The normalized spacial score (nSPS) is 12.4. The number of carbonyl (C=O) groups excluding carboxylic acids is 1. The van der Waals surface area contributed by atoms with Crippen LogP contribution in [-0.4, -0.2) is 12.0 Å². The molecule has 0 aliphatic rings. The number of fused-ring (bicyclic) bond motifs is 1. The Morgan fingerprint density at radius 2 is 1.45 bits per heavy atom. The molecule has 0 spiro atoms. The number of nitrogens with one attached hydrogen (secondary N) is 1. The maximum atomic E-state index is 13.9. The minimum atomic E-state index is -2.34. The number of halogens is 5. The Bertz CT molecular complexity index is 1580. The van der Waals surface area contributed by atoms with Gasteiger partial charge in [-0.1, -0.05) is 45.0 Å². The molecule has 0 radical (unpaired) electrons. The fourth-order valence-corrected chi connectivity index (χ4v) is 3.67. The van der Waals surface area contributed by atoms with Crippen LogP contribution in [0, 0.1) is 29.1 Å². The Kier molecular flexibility index (Phi) is 7.01. The molecule has 1 atom stereocenters. The first kappa shape index (κ1) is 26.8. The number of ether oxygens (including phenoxy) is 1. The summed E-state index contributed by atoms with van der Waals surface area (Å²) in [4.78, 5) is 25.3. The quantitative estimate of drug-likeness (QED) is 0.174. The highest BCUT2D eigenvalue weighted by molar-refractivity contribution is 5.96. The molecule has 0 bridgehead atoms. The van der Waals surface area contributed by atoms with Crippen LogP contribution in [0.4, 0.5) is 27.6 Å². The molecule has 0 aliphatic heterocycles. The monoisotopic (exact) mass is 531 g/mol. The predicted octanol–water partition coefficient (Wildman–Crippen LogP) is 6.86. The van der Waals surface area contributed by atoms with Crippen molar-refractivity contribution in [1.29, 1.82) is 0 Å². The van der Waals surface area contributed by atoms with Crippen LogP contribution in [-0.2, 0) is 10.2 Å². The van der Waals surface area contributed by atoms with Gasteiger partial charge in [0.15, 0.2) is 17.3 Å². The Morgan fingerprint density at radius 3 is 2.03 bits per heavy atom. The molecular formula is C28H22F5NO4. The standard InChI is InChI=1S/C28H22F5NO4/c1-13(37-26-24(32)22(30)21(29)23(31)25(26)33)27(36)34-16-9-10-19-17(11-16)18(35)12-20(38-19)14-5-7-15(8-6-14)28(2,3)4/h5-13H,1-4H3,(H,34,36). The largest absolute Gasteiger partial charge is 0.474 e. The van der Waals surface area contributed by atoms with E-state index in [1.165, 1.54) is 24.3 Å². The van der Waals surface area contributed by atoms with E-state index in [1.807, 2.05) is 24.3 Å². The summed E-state index contributed by atoms with van der Waals surface area (Å²) in [7, 11) is 0. The molecule has 1 aromatic heterocycles. The Hall–Kier alpha value is -4.21. The molecule has 4 rings (SSSR count). The topological polar surface area (TPSA) is 68.5 Å². The maximum Gasteiger partial charge on any atom is 0.265 e. The highest BCUT2D eigenvalue weighted by Gasteiger charge is 2.29. The molecule has 0 fully saturated rings. The van der Waals surface area contributed by atoms with Crippen molar-refractivity contribution in [3.05, 3.63) is 93.4 Å². The molecule has 198 valence electrons. The lowest BCUT2D eigenvalue weighted by Crippen LogP contribution is -2.31. The summed E-state index contributed by atoms with van der Waals surface area (Å²) in [6, 6.07) is 13.1. The predicted molar refractivity (Wildman–Crippen MR) is 132 cm³/mol. The van der Waals surface area contributed by atoms with E-state index in [4.69, 9.17) is 9.15 Å². The van der Waals surface area contributed by atoms with Crippen molar-refractivity contribution in [1.82, 2.24) is 0 Å². The summed E-state index contributed by atoms with van der Waals surface area (Å²) in [6.07, 6.45) is -1.66. The Labute approximate surface area is 213 Å². The zero-order valence-corrected chi connectivity index (χ0v) is 20.7. The molecule has 1 unspecified atom stereocenters. The average molecular weight is 531 g/mol. The highest BCUT2D eigenvalue weighted by atomic mass is 19.2. The van der Waals surface area contributed by atoms with Crippen molar-refractivity contribution in [2.24, 2.45) is 0 Å². The molecule has 0 aliphatic carbocycles. The molecule has 1 heterocycles. The number of carbonyl (C=O) groups is 1. The van der Waals surface area contributed by atoms with Gasteiger partial charge in [0.25, 0.3) is 5.91 Å². The van der Waals surface area contributed by atoms with E-state index in [1.54, 1.807) is 0 Å². The summed E-state index contributed by atoms with van der Waals surface area (Å²) >= 11 is 0. The fourth-order valence-electron chi connectivity index (χ4n) is 3.67. The lowest BCUT2D eigenvalue weighted by Gasteiger charge is -2.19. The van der Waals surface area contributed by atoms with E-state index in [9.17, 15) is 31.5 Å². The molecule has 0 saturated carbocycles. The second-order valence-electron chi connectivity index (χ2n) is 9.66. The van der Waals surface area contributed by atoms with Crippen LogP contribution in [0.25, 0.3) is 22.3 Å². The zero-order chi connectivity index (χ0) is 27.9. The van der Waals surface area contributed by atoms with Crippen molar-refractivity contribution in [2.45, 2.75) is 39.2 Å². The van der Waals surface area contributed by atoms with Crippen LogP contribution in [0.15, 0.2) is 57.7 Å². The van der Waals surface area contributed by atoms with E-state index in [2.05, 4.69) is 26.1 Å². The first-order chi connectivity index (χ1) is 17.8. The van der Waals surface area contributed by atoms with E-state index in [-0.39, 0.29) is 27.5 Å². The third-order valence-electron chi connectivity index (χ3n) is 5.86. The third-order valence-corrected chi connectivity index (χ3v) is 5.86. The SMILES string of the molecule is CC(Oc1c(F)c(F)c(F)c(F)c1F)C(=O)Nc1ccc2oc(-c3ccc(C(C)(C)C)cc3)cc(=O)c2c1. The molecule has 0 saturated heterocycles. The number of anilines is 1. The first-order valence-electron chi connectivity index (χ1n) is 11.5. The number of benzene rings is 3. The van der Waals surface area contributed by atoms with Gasteiger partial charge in [0.05, 0.1) is 5.39 Å². The molecule has 10 heteroatoms. The number of hydrogen-bond acceptors (Lipinski definition) is 4. The van der Waals surface area contributed by atoms with Gasteiger partial charge >= 0.3 is 0 Å². The number of rotatable bonds is 5. The average Bonchev–Trinajstić information content (AvgIpc) is 2.88. The minimum Gasteiger partial charge on any atom is -0.474 e. The van der Waals surface area contributed by atoms with Crippen molar-refractivity contribution in [3.63, 3.8) is 0 Å². The van der Waals surface area contributed by atoms with E-state index < -0.39 is 46.8 Å². The Balaban J connectivity index is 1.55. The van der Waals surface area contributed by atoms with Gasteiger partial charge in [-0.25, -0.2) is 13.2 Å². The van der Waals surface area contributed by atoms with Gasteiger partial charge in [0, 0.05) is 17.3 Å². The number of hydrogen-bond donors (Lipinski definition) is 1. The van der Waals surface area contributed by atoms with Crippen molar-refractivity contribution >= 4 is 22.6 Å². The van der Waals surface area contributed by atoms with Crippen LogP contribution in [0.5, 0.6) is 5.75 Å². The highest BCUT2D eigenvalue weighted by Crippen LogP contribution is 2.31. The third kappa shape index (κ3) is 5.11. The smallest absolute Gasteiger partial charge is 0.265 e. The van der Waals surface area contributed by atoms with Gasteiger partial charge in [-0.3, -0.25) is 9.59 Å². The van der Waals surface area contributed by atoms with E-state index in [0.717, 1.165) is 12.5 Å². The molecule has 38 heavy (non-hydrogen) atoms. The summed E-state index contributed by atoms with van der Waals surface area (Å²) in [5.41, 5.74) is 1.75. The summed E-state index contributed by atoms with van der Waals surface area (Å²) in [6.45, 7) is 7.31. The second-order valence-corrected chi connectivity index (χ2v) is 9.66. The first-order valence-corrected chi connectivity index (χ1v) is 11.5. The van der Waals surface area contributed by atoms with Gasteiger partial charge in [-0.2, -0.15) is 8.78 Å². The molecule has 4 aromatic rings. The van der Waals surface area contributed by atoms with Gasteiger partial charge in [-0.05, 0) is 36.1 Å². The van der Waals surface area contributed by atoms with Crippen LogP contribution in [0.3, 0.4) is 0 Å². The zero-order valence-electron chi connectivity index (χ0n) is 20.7. The van der Waals surface area contributed by atoms with E-state index in [0.29, 0.717) is 11.3 Å². The molecular weight excluding hydrogens is 509 g/mol. The van der Waals surface area contributed by atoms with Gasteiger partial charge in [-0.15, -0.1) is 0 Å². The molecule has 1 amide bonds. The molecule has 3 aromatic carbocycles. The van der Waals surface area contributed by atoms with Crippen LogP contribution in [0.2, 0.25) is 0 Å². The maximum absolute atomic E-state index is 13.9. The van der Waals surface area contributed by atoms with Crippen molar-refractivity contribution < 1.29 is 35.9 Å². The summed E-state index contributed by atoms with van der Waals surface area (Å²) < 4.78 is 78.4. The van der Waals surface area contributed by atoms with Gasteiger partial charge < -0.3 is 14.5 Å². The van der Waals surface area contributed by atoms with Gasteiger partial charge in [0.2, 0.25) is 29.1 Å². The second kappa shape index (κ2) is 9.92. The fraction of sp³-hybridized carbons (Fsp3) is 0.214. The van der Waals surface area contributed by atoms with Crippen LogP contribution < -0.4 is 15.5 Å². The summed E-state index contributed by atoms with van der Waals surface area (Å²) in [5.74, 6) is -13.3. The lowest BCUT2D eigenvalue weighted by molar-refractivity contribution is -0.122. The lowest BCUT2D eigenvalue weighted by atomic mass is 9.86. The van der Waals surface area contributed by atoms with Gasteiger partial charge in [0.1, 0.15) is 11.3 Å². The minimum absolute atomic E-state index is 0.0418. The Morgan fingerprint density at radius 1 is 0.868 bits per heavy atom. The molecule has 5 nitrogen and oxygen atoms in total. The molecule has 1 N–H and O–H groups in total. The summed E-state index contributed by atoms with van der Waals surface area (Å²) in [5, 5.41) is 2.52. The van der Waals surface area contributed by atoms with Crippen molar-refractivity contribution in [3.8, 4) is 17.1 Å².